The Morgan fingerprint density at radius 2 is 1.90 bits per heavy atom. The first-order chi connectivity index (χ1) is 9.79. The number of ether oxygens (including phenoxy) is 2. The quantitative estimate of drug-likeness (QED) is 0.714. The fourth-order valence-corrected chi connectivity index (χ4v) is 2.43. The molecule has 112 valence electrons. The molecule has 3 nitrogen and oxygen atoms in total. The van der Waals surface area contributed by atoms with Gasteiger partial charge in [-0.25, -0.2) is 0 Å². The van der Waals surface area contributed by atoms with Crippen LogP contribution in [0.1, 0.15) is 38.2 Å². The Morgan fingerprint density at radius 3 is 2.55 bits per heavy atom. The van der Waals surface area contributed by atoms with Gasteiger partial charge in [-0.15, -0.1) is 0 Å². The lowest BCUT2D eigenvalue weighted by molar-refractivity contribution is 0.0358. The molecule has 0 saturated carbocycles. The minimum atomic E-state index is 0.630. The Labute approximate surface area is 122 Å². The lowest BCUT2D eigenvalue weighted by atomic mass is 9.99. The van der Waals surface area contributed by atoms with Gasteiger partial charge < -0.3 is 9.47 Å². The highest BCUT2D eigenvalue weighted by Gasteiger charge is 2.09. The summed E-state index contributed by atoms with van der Waals surface area (Å²) in [7, 11) is 0. The third-order valence-electron chi connectivity index (χ3n) is 4.05. The van der Waals surface area contributed by atoms with Crippen LogP contribution in [0.15, 0.2) is 24.3 Å². The van der Waals surface area contributed by atoms with Crippen molar-refractivity contribution in [2.75, 3.05) is 39.5 Å². The minimum Gasteiger partial charge on any atom is -0.494 e. The molecule has 0 radical (unpaired) electrons. The maximum absolute atomic E-state index is 5.81. The molecule has 1 aromatic rings. The predicted octanol–water partition coefficient (Wildman–Crippen LogP) is 3.30. The van der Waals surface area contributed by atoms with E-state index >= 15 is 0 Å². The molecule has 0 unspecified atom stereocenters. The minimum absolute atomic E-state index is 0.630. The molecule has 20 heavy (non-hydrogen) atoms. The molecule has 1 aromatic carbocycles. The first-order valence-corrected chi connectivity index (χ1v) is 7.82. The smallest absolute Gasteiger partial charge is 0.119 e. The van der Waals surface area contributed by atoms with E-state index < -0.39 is 0 Å². The molecule has 0 aliphatic carbocycles. The largest absolute Gasteiger partial charge is 0.494 e. The predicted molar refractivity (Wildman–Crippen MR) is 82.5 cm³/mol. The number of morpholine rings is 1. The lowest BCUT2D eigenvalue weighted by Crippen LogP contribution is -2.37. The van der Waals surface area contributed by atoms with Crippen molar-refractivity contribution in [2.45, 2.75) is 32.6 Å². The van der Waals surface area contributed by atoms with Gasteiger partial charge in [0.15, 0.2) is 0 Å². The molecule has 1 heterocycles. The molecule has 0 bridgehead atoms. The van der Waals surface area contributed by atoms with Crippen molar-refractivity contribution in [3.63, 3.8) is 0 Å². The Kier molecular flexibility index (Phi) is 6.34. The van der Waals surface area contributed by atoms with Gasteiger partial charge >= 0.3 is 0 Å². The monoisotopic (exact) mass is 277 g/mol. The van der Waals surface area contributed by atoms with Crippen LogP contribution >= 0.6 is 0 Å². The maximum atomic E-state index is 5.81. The highest BCUT2D eigenvalue weighted by Crippen LogP contribution is 2.21. The van der Waals surface area contributed by atoms with E-state index in [2.05, 4.69) is 43.0 Å². The van der Waals surface area contributed by atoms with Crippen LogP contribution in [-0.4, -0.2) is 44.4 Å². The standard InChI is InChI=1S/C17H27NO2/c1-3-15(2)16-5-7-17(8-6-16)20-12-4-9-18-10-13-19-14-11-18/h5-8,15H,3-4,9-14H2,1-2H3/t15-/m0/s1. The molecule has 3 heteroatoms. The summed E-state index contributed by atoms with van der Waals surface area (Å²) in [6.07, 6.45) is 2.26. The van der Waals surface area contributed by atoms with Gasteiger partial charge in [-0.05, 0) is 36.5 Å². The van der Waals surface area contributed by atoms with Gasteiger partial charge in [0.25, 0.3) is 0 Å². The van der Waals surface area contributed by atoms with E-state index in [0.29, 0.717) is 5.92 Å². The van der Waals surface area contributed by atoms with Crippen LogP contribution in [0.2, 0.25) is 0 Å². The van der Waals surface area contributed by atoms with Crippen LogP contribution in [-0.2, 0) is 4.74 Å². The second kappa shape index (κ2) is 8.28. The molecule has 0 N–H and O–H groups in total. The molecule has 2 rings (SSSR count). The van der Waals surface area contributed by atoms with E-state index in [1.165, 1.54) is 12.0 Å². The first kappa shape index (κ1) is 15.3. The second-order valence-electron chi connectivity index (χ2n) is 5.53. The van der Waals surface area contributed by atoms with Gasteiger partial charge in [-0.1, -0.05) is 26.0 Å². The van der Waals surface area contributed by atoms with Crippen molar-refractivity contribution in [1.29, 1.82) is 0 Å². The molecule has 1 aliphatic heterocycles. The van der Waals surface area contributed by atoms with Gasteiger partial charge in [0, 0.05) is 19.6 Å². The van der Waals surface area contributed by atoms with Crippen LogP contribution in [0.25, 0.3) is 0 Å². The van der Waals surface area contributed by atoms with Crippen molar-refractivity contribution >= 4 is 0 Å². The Morgan fingerprint density at radius 1 is 1.20 bits per heavy atom. The molecule has 1 atom stereocenters. The normalized spacial score (nSPS) is 17.9. The third kappa shape index (κ3) is 4.80. The Bertz CT molecular complexity index is 371. The summed E-state index contributed by atoms with van der Waals surface area (Å²) in [5.74, 6) is 1.62. The van der Waals surface area contributed by atoms with E-state index in [4.69, 9.17) is 9.47 Å². The molecule has 0 spiro atoms. The number of hydrogen-bond acceptors (Lipinski definition) is 3. The van der Waals surface area contributed by atoms with Gasteiger partial charge in [-0.3, -0.25) is 4.90 Å². The van der Waals surface area contributed by atoms with Crippen molar-refractivity contribution in [2.24, 2.45) is 0 Å². The van der Waals surface area contributed by atoms with Gasteiger partial charge in [0.1, 0.15) is 5.75 Å². The van der Waals surface area contributed by atoms with Crippen LogP contribution in [0.4, 0.5) is 0 Å². The third-order valence-corrected chi connectivity index (χ3v) is 4.05. The molecule has 1 aliphatic rings. The molecular weight excluding hydrogens is 250 g/mol. The number of benzene rings is 1. The van der Waals surface area contributed by atoms with Gasteiger partial charge in [0.2, 0.25) is 0 Å². The molecule has 0 aromatic heterocycles. The SMILES string of the molecule is CC[C@H](C)c1ccc(OCCCN2CCOCC2)cc1. The van der Waals surface area contributed by atoms with Crippen molar-refractivity contribution in [1.82, 2.24) is 4.90 Å². The fraction of sp³-hybridized carbons (Fsp3) is 0.647. The Balaban J connectivity index is 1.66. The fourth-order valence-electron chi connectivity index (χ4n) is 2.43. The van der Waals surface area contributed by atoms with Crippen LogP contribution in [0.3, 0.4) is 0 Å². The summed E-state index contributed by atoms with van der Waals surface area (Å²) in [6.45, 7) is 10.2. The highest BCUT2D eigenvalue weighted by atomic mass is 16.5. The summed E-state index contributed by atoms with van der Waals surface area (Å²) >= 11 is 0. The van der Waals surface area contributed by atoms with E-state index in [0.717, 1.165) is 51.6 Å². The van der Waals surface area contributed by atoms with Crippen molar-refractivity contribution < 1.29 is 9.47 Å². The summed E-state index contributed by atoms with van der Waals surface area (Å²) < 4.78 is 11.1. The second-order valence-corrected chi connectivity index (χ2v) is 5.53. The summed E-state index contributed by atoms with van der Waals surface area (Å²) in [4.78, 5) is 2.44. The van der Waals surface area contributed by atoms with Gasteiger partial charge in [-0.2, -0.15) is 0 Å². The topological polar surface area (TPSA) is 21.7 Å². The summed E-state index contributed by atoms with van der Waals surface area (Å²) in [5, 5.41) is 0. The number of hydrogen-bond donors (Lipinski definition) is 0. The van der Waals surface area contributed by atoms with Crippen molar-refractivity contribution in [3.8, 4) is 5.75 Å². The van der Waals surface area contributed by atoms with E-state index in [-0.39, 0.29) is 0 Å². The summed E-state index contributed by atoms with van der Waals surface area (Å²) in [5.41, 5.74) is 1.40. The molecule has 1 fully saturated rings. The van der Waals surface area contributed by atoms with Crippen LogP contribution in [0.5, 0.6) is 5.75 Å². The van der Waals surface area contributed by atoms with Crippen LogP contribution in [0, 0.1) is 0 Å². The average molecular weight is 277 g/mol. The maximum Gasteiger partial charge on any atom is 0.119 e. The zero-order valence-electron chi connectivity index (χ0n) is 12.8. The molecular formula is C17H27NO2. The number of nitrogens with zero attached hydrogens (tertiary/aromatic N) is 1. The highest BCUT2D eigenvalue weighted by molar-refractivity contribution is 5.29. The average Bonchev–Trinajstić information content (AvgIpc) is 2.52. The number of rotatable bonds is 7. The van der Waals surface area contributed by atoms with Crippen LogP contribution < -0.4 is 4.74 Å². The van der Waals surface area contributed by atoms with Crippen molar-refractivity contribution in [3.05, 3.63) is 29.8 Å². The molecule has 0 amide bonds. The summed E-state index contributed by atoms with van der Waals surface area (Å²) in [6, 6.07) is 8.56. The van der Waals surface area contributed by atoms with Gasteiger partial charge in [0.05, 0.1) is 19.8 Å². The van der Waals surface area contributed by atoms with E-state index in [1.54, 1.807) is 0 Å². The zero-order chi connectivity index (χ0) is 14.2. The lowest BCUT2D eigenvalue weighted by Gasteiger charge is -2.26. The first-order valence-electron chi connectivity index (χ1n) is 7.82. The zero-order valence-corrected chi connectivity index (χ0v) is 12.8. The Hall–Kier alpha value is -1.06. The van der Waals surface area contributed by atoms with E-state index in [1.807, 2.05) is 0 Å². The molecule has 1 saturated heterocycles. The van der Waals surface area contributed by atoms with E-state index in [9.17, 15) is 0 Å².